The van der Waals surface area contributed by atoms with E-state index in [0.717, 1.165) is 89.9 Å². The lowest BCUT2D eigenvalue weighted by Gasteiger charge is -2.26. The number of quaternary nitrogens is 1. The van der Waals surface area contributed by atoms with Gasteiger partial charge in [0.1, 0.15) is 13.2 Å². The van der Waals surface area contributed by atoms with Gasteiger partial charge in [-0.3, -0.25) is 9.59 Å². The highest BCUT2D eigenvalue weighted by atomic mass is 16.7. The van der Waals surface area contributed by atoms with E-state index in [4.69, 9.17) is 18.9 Å². The van der Waals surface area contributed by atoms with Crippen LogP contribution in [0.4, 0.5) is 0 Å². The molecule has 0 aliphatic carbocycles. The van der Waals surface area contributed by atoms with Crippen LogP contribution in [0.15, 0.2) is 85.1 Å². The molecule has 0 aliphatic heterocycles. The number of rotatable bonds is 46. The molecule has 0 heterocycles. The van der Waals surface area contributed by atoms with Crippen molar-refractivity contribution < 1.29 is 42.9 Å². The number of nitrogens with zero attached hydrogens (tertiary/aromatic N) is 1. The van der Waals surface area contributed by atoms with Gasteiger partial charge in [-0.25, -0.2) is 0 Å². The number of allylic oxidation sites excluding steroid dienone is 14. The summed E-state index contributed by atoms with van der Waals surface area (Å²) in [5, 5.41) is 11.7. The largest absolute Gasteiger partial charge is 0.545 e. The molecule has 0 aliphatic rings. The van der Waals surface area contributed by atoms with Crippen LogP contribution in [0, 0.1) is 0 Å². The van der Waals surface area contributed by atoms with E-state index < -0.39 is 24.3 Å². The molecule has 9 heteroatoms. The van der Waals surface area contributed by atoms with Crippen molar-refractivity contribution in [3.05, 3.63) is 85.1 Å². The average Bonchev–Trinajstić information content (AvgIpc) is 3.27. The molecule has 0 rings (SSSR count). The van der Waals surface area contributed by atoms with Crippen LogP contribution in [0.3, 0.4) is 0 Å². The normalized spacial score (nSPS) is 13.6. The second-order valence-corrected chi connectivity index (χ2v) is 18.1. The molecule has 0 bridgehead atoms. The fourth-order valence-electron chi connectivity index (χ4n) is 6.69. The van der Waals surface area contributed by atoms with Gasteiger partial charge in [-0.2, -0.15) is 0 Å². The molecule has 0 radical (unpaired) electrons. The number of likely N-dealkylation sites (N-methyl/N-ethyl adjacent to an activating group) is 1. The molecule has 372 valence electrons. The summed E-state index contributed by atoms with van der Waals surface area (Å²) in [6.07, 6.45) is 58.0. The van der Waals surface area contributed by atoms with Crippen molar-refractivity contribution in [3.8, 4) is 0 Å². The first-order valence-electron chi connectivity index (χ1n) is 25.7. The van der Waals surface area contributed by atoms with Crippen LogP contribution < -0.4 is 5.11 Å². The van der Waals surface area contributed by atoms with Crippen molar-refractivity contribution >= 4 is 17.9 Å². The van der Waals surface area contributed by atoms with E-state index in [-0.39, 0.29) is 38.6 Å². The van der Waals surface area contributed by atoms with E-state index in [9.17, 15) is 19.5 Å². The van der Waals surface area contributed by atoms with E-state index in [1.807, 2.05) is 21.1 Å². The summed E-state index contributed by atoms with van der Waals surface area (Å²) in [6.45, 7) is 4.56. The average molecular weight is 910 g/mol. The number of carboxylic acid groups (broad SMARTS) is 1. The number of carbonyl (C=O) groups excluding carboxylic acids is 3. The molecule has 0 aromatic rings. The monoisotopic (exact) mass is 910 g/mol. The Bertz CT molecular complexity index is 1340. The molecule has 0 amide bonds. The maximum atomic E-state index is 12.8. The minimum absolute atomic E-state index is 0.145. The fourth-order valence-corrected chi connectivity index (χ4v) is 6.69. The van der Waals surface area contributed by atoms with Crippen LogP contribution in [0.1, 0.15) is 194 Å². The lowest BCUT2D eigenvalue weighted by Crippen LogP contribution is -2.44. The van der Waals surface area contributed by atoms with Crippen LogP contribution in [0.25, 0.3) is 0 Å². The van der Waals surface area contributed by atoms with Gasteiger partial charge in [0.25, 0.3) is 0 Å². The van der Waals surface area contributed by atoms with Crippen molar-refractivity contribution in [1.82, 2.24) is 0 Å². The smallest absolute Gasteiger partial charge is 0.306 e. The van der Waals surface area contributed by atoms with Crippen molar-refractivity contribution in [1.29, 1.82) is 0 Å². The van der Waals surface area contributed by atoms with Crippen LogP contribution in [-0.4, -0.2) is 82.3 Å². The Hall–Kier alpha value is -3.53. The predicted molar refractivity (Wildman–Crippen MR) is 269 cm³/mol. The van der Waals surface area contributed by atoms with Gasteiger partial charge in [0.15, 0.2) is 12.4 Å². The third-order valence-electron chi connectivity index (χ3n) is 10.7. The van der Waals surface area contributed by atoms with Gasteiger partial charge < -0.3 is 33.3 Å². The van der Waals surface area contributed by atoms with Crippen molar-refractivity contribution in [3.63, 3.8) is 0 Å². The number of carbonyl (C=O) groups is 3. The Morgan fingerprint density at radius 2 is 0.877 bits per heavy atom. The standard InChI is InChI=1S/C56H95NO8/c1-6-8-10-12-14-15-16-17-18-19-20-21-22-23-24-25-26-27-28-29-30-31-32-33-34-35-36-37-38-39-41-43-45-47-54(59)65-52(50-63-53(58)46-44-42-40-13-11-9-7-2)51-64-56(55(60)61)62-49-48-57(3,4)5/h8,10,14-15,17-18,20-21,23-24,26-27,29-30,52,56H,6-7,9,11-13,16,19,22,25,28,31-51H2,1-5H3/b10-8-,15-14-,18-17-,21-20-,24-23-,27-26-,30-29-. The molecule has 0 aromatic heterocycles. The van der Waals surface area contributed by atoms with E-state index in [0.29, 0.717) is 17.4 Å². The quantitative estimate of drug-likeness (QED) is 0.0195. The molecule has 2 unspecified atom stereocenters. The SMILES string of the molecule is CC/C=C\C/C=C\C/C=C\C/C=C\C/C=C\C/C=C\C/C=C\CCCCCCCCCCCCCC(=O)OC(COC(=O)CCCCCCCCC)COC(OCC[N+](C)(C)C)C(=O)[O-]. The number of carboxylic acids is 1. The zero-order valence-electron chi connectivity index (χ0n) is 42.1. The summed E-state index contributed by atoms with van der Waals surface area (Å²) in [7, 11) is 5.90. The maximum absolute atomic E-state index is 12.8. The summed E-state index contributed by atoms with van der Waals surface area (Å²) >= 11 is 0. The Morgan fingerprint density at radius 1 is 0.477 bits per heavy atom. The summed E-state index contributed by atoms with van der Waals surface area (Å²) < 4.78 is 22.5. The summed E-state index contributed by atoms with van der Waals surface area (Å²) in [5.41, 5.74) is 0. The zero-order chi connectivity index (χ0) is 47.7. The van der Waals surface area contributed by atoms with Gasteiger partial charge in [0, 0.05) is 12.8 Å². The Kier molecular flexibility index (Phi) is 44.4. The third-order valence-corrected chi connectivity index (χ3v) is 10.7. The van der Waals surface area contributed by atoms with Gasteiger partial charge in [-0.15, -0.1) is 0 Å². The second kappa shape index (κ2) is 47.0. The van der Waals surface area contributed by atoms with E-state index in [2.05, 4.69) is 98.9 Å². The third kappa shape index (κ3) is 48.2. The fraction of sp³-hybridized carbons (Fsp3) is 0.696. The Balaban J connectivity index is 4.10. The Morgan fingerprint density at radius 3 is 1.31 bits per heavy atom. The minimum Gasteiger partial charge on any atom is -0.545 e. The number of aliphatic carboxylic acids is 1. The highest BCUT2D eigenvalue weighted by molar-refractivity contribution is 5.70. The summed E-state index contributed by atoms with van der Waals surface area (Å²) in [5.74, 6) is -2.30. The number of esters is 2. The molecular formula is C56H95NO8. The summed E-state index contributed by atoms with van der Waals surface area (Å²) in [4.78, 5) is 36.9. The number of hydrogen-bond acceptors (Lipinski definition) is 8. The second-order valence-electron chi connectivity index (χ2n) is 18.1. The van der Waals surface area contributed by atoms with Gasteiger partial charge in [0.2, 0.25) is 0 Å². The lowest BCUT2D eigenvalue weighted by atomic mass is 10.0. The first-order chi connectivity index (χ1) is 31.6. The van der Waals surface area contributed by atoms with E-state index in [1.165, 1.54) is 70.6 Å². The Labute approximate surface area is 398 Å². The van der Waals surface area contributed by atoms with Crippen LogP contribution in [0.2, 0.25) is 0 Å². The number of unbranched alkanes of at least 4 members (excludes halogenated alkanes) is 17. The lowest BCUT2D eigenvalue weighted by molar-refractivity contribution is -0.870. The van der Waals surface area contributed by atoms with Gasteiger partial charge in [-0.05, 0) is 70.6 Å². The molecule has 0 aromatic carbocycles. The molecule has 2 atom stereocenters. The molecule has 0 spiro atoms. The van der Waals surface area contributed by atoms with Crippen molar-refractivity contribution in [2.24, 2.45) is 0 Å². The first-order valence-corrected chi connectivity index (χ1v) is 25.7. The predicted octanol–water partition coefficient (Wildman–Crippen LogP) is 13.1. The molecule has 0 fully saturated rings. The zero-order valence-corrected chi connectivity index (χ0v) is 42.1. The topological polar surface area (TPSA) is 111 Å². The van der Waals surface area contributed by atoms with Crippen LogP contribution >= 0.6 is 0 Å². The highest BCUT2D eigenvalue weighted by Gasteiger charge is 2.21. The minimum atomic E-state index is -1.62. The first kappa shape index (κ1) is 61.5. The van der Waals surface area contributed by atoms with Crippen molar-refractivity contribution in [2.75, 3.05) is 47.5 Å². The van der Waals surface area contributed by atoms with Crippen molar-refractivity contribution in [2.45, 2.75) is 206 Å². The number of ether oxygens (including phenoxy) is 4. The van der Waals surface area contributed by atoms with Gasteiger partial charge >= 0.3 is 11.9 Å². The van der Waals surface area contributed by atoms with Gasteiger partial charge in [0.05, 0.1) is 40.3 Å². The molecule has 0 saturated carbocycles. The van der Waals surface area contributed by atoms with E-state index in [1.54, 1.807) is 0 Å². The molecule has 9 nitrogen and oxygen atoms in total. The molecule has 0 N–H and O–H groups in total. The van der Waals surface area contributed by atoms with Crippen LogP contribution in [0.5, 0.6) is 0 Å². The highest BCUT2D eigenvalue weighted by Crippen LogP contribution is 2.14. The molecule has 65 heavy (non-hydrogen) atoms. The summed E-state index contributed by atoms with van der Waals surface area (Å²) in [6, 6.07) is 0. The number of hydrogen-bond donors (Lipinski definition) is 0. The maximum Gasteiger partial charge on any atom is 0.306 e. The van der Waals surface area contributed by atoms with Crippen LogP contribution in [-0.2, 0) is 33.3 Å². The van der Waals surface area contributed by atoms with E-state index >= 15 is 0 Å². The molecular weight excluding hydrogens is 815 g/mol. The van der Waals surface area contributed by atoms with Gasteiger partial charge in [-0.1, -0.05) is 195 Å². The molecule has 0 saturated heterocycles.